The summed E-state index contributed by atoms with van der Waals surface area (Å²) in [5, 5.41) is 0. The van der Waals surface area contributed by atoms with E-state index in [0.29, 0.717) is 12.8 Å². The predicted molar refractivity (Wildman–Crippen MR) is 105 cm³/mol. The zero-order valence-corrected chi connectivity index (χ0v) is 20.0. The molecule has 0 N–H and O–H groups in total. The molecule has 0 aromatic heterocycles. The molecule has 0 aromatic rings. The third kappa shape index (κ3) is 7.40. The highest BCUT2D eigenvalue weighted by Gasteiger charge is 2.90. The van der Waals surface area contributed by atoms with Crippen molar-refractivity contribution >= 4 is 22.6 Å². The van der Waals surface area contributed by atoms with Crippen molar-refractivity contribution in [1.29, 1.82) is 0 Å². The molecular weight excluding hydrogens is 602 g/mol. The van der Waals surface area contributed by atoms with Crippen LogP contribution in [0.15, 0.2) is 0 Å². The van der Waals surface area contributed by atoms with E-state index in [4.69, 9.17) is 0 Å². The smallest absolute Gasteiger partial charge is 0.200 e. The van der Waals surface area contributed by atoms with Crippen molar-refractivity contribution in [2.75, 3.05) is 0 Å². The minimum atomic E-state index is -7.84. The van der Waals surface area contributed by atoms with E-state index in [1.165, 1.54) is 22.6 Å². The first-order chi connectivity index (χ1) is 14.5. The van der Waals surface area contributed by atoms with E-state index in [9.17, 15) is 57.1 Å². The zero-order valence-electron chi connectivity index (χ0n) is 17.9. The molecule has 1 unspecified atom stereocenters. The molecule has 0 nitrogen and oxygen atoms in total. The predicted octanol–water partition coefficient (Wildman–Crippen LogP) is 9.84. The molecule has 0 amide bonds. The van der Waals surface area contributed by atoms with E-state index < -0.39 is 45.6 Å². The van der Waals surface area contributed by atoms with Gasteiger partial charge in [-0.1, -0.05) is 87.8 Å². The highest BCUT2D eigenvalue weighted by molar-refractivity contribution is 14.1. The summed E-state index contributed by atoms with van der Waals surface area (Å²) in [6, 6.07) is 0. The van der Waals surface area contributed by atoms with E-state index in [2.05, 4.69) is 0 Å². The molecule has 0 bridgehead atoms. The fourth-order valence-corrected chi connectivity index (χ4v) is 3.95. The molecule has 200 valence electrons. The minimum Gasteiger partial charge on any atom is -0.200 e. The second-order valence-corrected chi connectivity index (χ2v) is 10.9. The summed E-state index contributed by atoms with van der Waals surface area (Å²) in [6.07, 6.45) is -3.60. The standard InChI is InChI=1S/C19H26F13I/c1-3-4-5-6-7-8-9-10-11-13(2,33)12-14(20,21)15(22,23)16(24,25)17(26,27)18(28,29)19(30,31)32/h3-12H2,1-2H3. The molecule has 0 saturated carbocycles. The zero-order chi connectivity index (χ0) is 26.6. The van der Waals surface area contributed by atoms with Crippen LogP contribution in [-0.2, 0) is 0 Å². The second kappa shape index (κ2) is 11.3. The quantitative estimate of drug-likeness (QED) is 0.0734. The van der Waals surface area contributed by atoms with E-state index in [0.717, 1.165) is 39.0 Å². The van der Waals surface area contributed by atoms with Crippen LogP contribution in [0.3, 0.4) is 0 Å². The third-order valence-electron chi connectivity index (χ3n) is 5.14. The van der Waals surface area contributed by atoms with Crippen molar-refractivity contribution in [2.24, 2.45) is 0 Å². The summed E-state index contributed by atoms with van der Waals surface area (Å²) in [6.45, 7) is 2.96. The van der Waals surface area contributed by atoms with E-state index >= 15 is 0 Å². The van der Waals surface area contributed by atoms with Crippen molar-refractivity contribution < 1.29 is 57.1 Å². The van der Waals surface area contributed by atoms with Crippen LogP contribution < -0.4 is 0 Å². The number of alkyl halides is 14. The molecular formula is C19H26F13I. The number of hydrogen-bond donors (Lipinski definition) is 0. The van der Waals surface area contributed by atoms with Crippen molar-refractivity contribution in [3.8, 4) is 0 Å². The van der Waals surface area contributed by atoms with E-state index in [-0.39, 0.29) is 12.8 Å². The molecule has 0 heterocycles. The monoisotopic (exact) mass is 628 g/mol. The van der Waals surface area contributed by atoms with Crippen LogP contribution in [0.1, 0.15) is 78.1 Å². The Balaban J connectivity index is 5.36. The van der Waals surface area contributed by atoms with Gasteiger partial charge < -0.3 is 0 Å². The average Bonchev–Trinajstić information content (AvgIpc) is 2.61. The summed E-state index contributed by atoms with van der Waals surface area (Å²) >= 11 is 1.22. The summed E-state index contributed by atoms with van der Waals surface area (Å²) in [5.74, 6) is -36.5. The molecule has 0 aromatic carbocycles. The summed E-state index contributed by atoms with van der Waals surface area (Å²) in [5.41, 5.74) is 0. The molecule has 33 heavy (non-hydrogen) atoms. The van der Waals surface area contributed by atoms with Crippen molar-refractivity contribution in [3.05, 3.63) is 0 Å². The van der Waals surface area contributed by atoms with Crippen LogP contribution in [-0.4, -0.2) is 39.2 Å². The topological polar surface area (TPSA) is 0 Å². The van der Waals surface area contributed by atoms with Gasteiger partial charge in [0.05, 0.1) is 0 Å². The Hall–Kier alpha value is -0.180. The van der Waals surface area contributed by atoms with E-state index in [1.54, 1.807) is 0 Å². The third-order valence-corrected chi connectivity index (χ3v) is 6.06. The highest BCUT2D eigenvalue weighted by Crippen LogP contribution is 2.61. The lowest BCUT2D eigenvalue weighted by molar-refractivity contribution is -0.440. The van der Waals surface area contributed by atoms with Crippen LogP contribution in [0.2, 0.25) is 0 Å². The van der Waals surface area contributed by atoms with Gasteiger partial charge in [-0.05, 0) is 6.42 Å². The normalized spacial score (nSPS) is 16.7. The maximum absolute atomic E-state index is 14.1. The SMILES string of the molecule is CCCCCCCCCCC(C)(I)CC(F)(F)C(F)(F)C(F)(F)C(F)(F)C(F)(F)C(F)(F)F. The van der Waals surface area contributed by atoms with Crippen LogP contribution in [0.5, 0.6) is 0 Å². The average molecular weight is 628 g/mol. The highest BCUT2D eigenvalue weighted by atomic mass is 127. The fraction of sp³-hybridized carbons (Fsp3) is 1.00. The fourth-order valence-electron chi connectivity index (χ4n) is 3.09. The molecule has 0 rings (SSSR count). The molecule has 0 fully saturated rings. The van der Waals surface area contributed by atoms with Gasteiger partial charge in [-0.15, -0.1) is 0 Å². The largest absolute Gasteiger partial charge is 0.460 e. The van der Waals surface area contributed by atoms with Gasteiger partial charge in [-0.25, -0.2) is 0 Å². The molecule has 0 radical (unpaired) electrons. The number of halogens is 14. The number of rotatable bonds is 15. The molecule has 0 saturated heterocycles. The van der Waals surface area contributed by atoms with Gasteiger partial charge in [-0.3, -0.25) is 0 Å². The Morgan fingerprint density at radius 1 is 0.515 bits per heavy atom. The summed E-state index contributed by atoms with van der Waals surface area (Å²) < 4.78 is 170. The second-order valence-electron chi connectivity index (χ2n) is 8.31. The Morgan fingerprint density at radius 2 is 0.879 bits per heavy atom. The van der Waals surface area contributed by atoms with Gasteiger partial charge in [0.25, 0.3) is 0 Å². The Kier molecular flexibility index (Phi) is 11.2. The van der Waals surface area contributed by atoms with Gasteiger partial charge in [0.15, 0.2) is 0 Å². The van der Waals surface area contributed by atoms with Crippen LogP contribution >= 0.6 is 22.6 Å². The van der Waals surface area contributed by atoms with Crippen LogP contribution in [0.25, 0.3) is 0 Å². The van der Waals surface area contributed by atoms with Gasteiger partial charge in [-0.2, -0.15) is 57.1 Å². The molecule has 0 aliphatic heterocycles. The Bertz CT molecular complexity index is 597. The molecule has 14 heteroatoms. The first kappa shape index (κ1) is 32.8. The number of unbranched alkanes of at least 4 members (excludes halogenated alkanes) is 7. The van der Waals surface area contributed by atoms with Crippen molar-refractivity contribution in [1.82, 2.24) is 0 Å². The van der Waals surface area contributed by atoms with Crippen molar-refractivity contribution in [2.45, 2.75) is 117 Å². The summed E-state index contributed by atoms with van der Waals surface area (Å²) in [7, 11) is 0. The lowest BCUT2D eigenvalue weighted by Gasteiger charge is -2.41. The molecule has 1 atom stereocenters. The number of hydrogen-bond acceptors (Lipinski definition) is 0. The Labute approximate surface area is 197 Å². The molecule has 0 aliphatic rings. The molecule has 0 spiro atoms. The van der Waals surface area contributed by atoms with Gasteiger partial charge in [0.1, 0.15) is 0 Å². The van der Waals surface area contributed by atoms with Gasteiger partial charge in [0.2, 0.25) is 0 Å². The lowest BCUT2D eigenvalue weighted by Crippen LogP contribution is -2.70. The lowest BCUT2D eigenvalue weighted by atomic mass is 9.88. The van der Waals surface area contributed by atoms with E-state index in [1.807, 2.05) is 6.92 Å². The summed E-state index contributed by atoms with van der Waals surface area (Å²) in [4.78, 5) is 0. The van der Waals surface area contributed by atoms with Gasteiger partial charge >= 0.3 is 35.8 Å². The van der Waals surface area contributed by atoms with Crippen LogP contribution in [0.4, 0.5) is 57.1 Å². The van der Waals surface area contributed by atoms with Crippen molar-refractivity contribution in [3.63, 3.8) is 0 Å². The maximum atomic E-state index is 14.1. The minimum absolute atomic E-state index is 0.202. The Morgan fingerprint density at radius 3 is 1.27 bits per heavy atom. The first-order valence-corrected chi connectivity index (χ1v) is 11.2. The van der Waals surface area contributed by atoms with Crippen LogP contribution in [0, 0.1) is 0 Å². The first-order valence-electron chi connectivity index (χ1n) is 10.2. The maximum Gasteiger partial charge on any atom is 0.460 e. The molecule has 0 aliphatic carbocycles. The van der Waals surface area contributed by atoms with Gasteiger partial charge in [0, 0.05) is 9.84 Å².